The second kappa shape index (κ2) is 10.8. The lowest BCUT2D eigenvalue weighted by Crippen LogP contribution is -2.39. The largest absolute Gasteiger partial charge is 0.361 e. The Bertz CT molecular complexity index is 1760. The van der Waals surface area contributed by atoms with Gasteiger partial charge in [-0.2, -0.15) is 0 Å². The molecule has 0 spiro atoms. The van der Waals surface area contributed by atoms with E-state index in [4.69, 9.17) is 11.6 Å². The van der Waals surface area contributed by atoms with Crippen LogP contribution < -0.4 is 11.2 Å². The number of nitrogens with zero attached hydrogens (tertiary/aromatic N) is 3. The summed E-state index contributed by atoms with van der Waals surface area (Å²) in [6.07, 6.45) is 7.48. The molecule has 0 radical (unpaired) electrons. The smallest absolute Gasteiger partial charge is 0.335 e. The molecule has 3 aromatic heterocycles. The van der Waals surface area contributed by atoms with Gasteiger partial charge in [-0.15, -0.1) is 0 Å². The molecule has 0 aliphatic carbocycles. The lowest BCUT2D eigenvalue weighted by molar-refractivity contribution is 0.204. The highest BCUT2D eigenvalue weighted by Crippen LogP contribution is 2.32. The Morgan fingerprint density at radius 3 is 2.67 bits per heavy atom. The van der Waals surface area contributed by atoms with Gasteiger partial charge >= 0.3 is 5.69 Å². The minimum absolute atomic E-state index is 0.213. The van der Waals surface area contributed by atoms with E-state index in [9.17, 15) is 14.0 Å². The van der Waals surface area contributed by atoms with E-state index in [2.05, 4.69) is 9.88 Å². The summed E-state index contributed by atoms with van der Waals surface area (Å²) >= 11 is 6.07. The van der Waals surface area contributed by atoms with Gasteiger partial charge in [-0.3, -0.25) is 13.8 Å². The first kappa shape index (κ1) is 25.6. The third kappa shape index (κ3) is 5.04. The lowest BCUT2D eigenvalue weighted by Gasteiger charge is -2.32. The molecule has 6 rings (SSSR count). The van der Waals surface area contributed by atoms with Crippen LogP contribution in [0.15, 0.2) is 82.6 Å². The number of likely N-dealkylation sites (tertiary alicyclic amines) is 1. The summed E-state index contributed by atoms with van der Waals surface area (Å²) in [5.74, 6) is 0.138. The van der Waals surface area contributed by atoms with Gasteiger partial charge in [0.1, 0.15) is 5.82 Å². The summed E-state index contributed by atoms with van der Waals surface area (Å²) in [7, 11) is 0. The monoisotopic (exact) mass is 544 g/mol. The van der Waals surface area contributed by atoms with E-state index in [1.54, 1.807) is 47.0 Å². The Balaban J connectivity index is 1.17. The zero-order valence-corrected chi connectivity index (χ0v) is 22.3. The minimum Gasteiger partial charge on any atom is -0.361 e. The highest BCUT2D eigenvalue weighted by Gasteiger charge is 2.23. The van der Waals surface area contributed by atoms with Crippen LogP contribution in [0.2, 0.25) is 5.02 Å². The van der Waals surface area contributed by atoms with Crippen molar-refractivity contribution in [3.05, 3.63) is 110 Å². The van der Waals surface area contributed by atoms with Crippen molar-refractivity contribution in [2.75, 3.05) is 19.6 Å². The molecule has 1 atom stereocenters. The maximum absolute atomic E-state index is 13.9. The van der Waals surface area contributed by atoms with Crippen molar-refractivity contribution in [1.82, 2.24) is 18.9 Å². The molecular weight excluding hydrogens is 515 g/mol. The van der Waals surface area contributed by atoms with Crippen molar-refractivity contribution in [3.8, 4) is 11.1 Å². The molecule has 2 aromatic carbocycles. The number of halogens is 2. The van der Waals surface area contributed by atoms with Crippen LogP contribution in [-0.4, -0.2) is 38.5 Å². The number of unbranched alkanes of at least 4 members (excludes halogenated alkanes) is 1. The number of pyridine rings is 1. The van der Waals surface area contributed by atoms with E-state index in [0.29, 0.717) is 35.0 Å². The molecule has 6 nitrogen and oxygen atoms in total. The SMILES string of the molecule is O=c1c(-c2ccc(Cl)cc2)c2ccccn2c(=O)n1CCCCN1CCCC(c2c[nH]c3ccc(F)cc23)C1. The standard InChI is InChI=1S/C31H30ClFN4O2/c32-23-10-8-21(9-11-23)29-28-7-1-2-16-36(28)31(39)37(30(29)38)17-4-3-14-35-15-5-6-22(20-35)26-19-34-27-13-12-24(33)18-25(26)27/h1-2,7-13,16,18-19,22,34H,3-6,14-15,17,20H2. The molecule has 0 saturated carbocycles. The van der Waals surface area contributed by atoms with Gasteiger partial charge in [-0.1, -0.05) is 29.8 Å². The van der Waals surface area contributed by atoms with Crippen molar-refractivity contribution < 1.29 is 4.39 Å². The van der Waals surface area contributed by atoms with Crippen LogP contribution in [0.3, 0.4) is 0 Å². The molecule has 1 N–H and O–H groups in total. The molecule has 0 amide bonds. The van der Waals surface area contributed by atoms with Gasteiger partial charge in [-0.25, -0.2) is 9.18 Å². The second-order valence-corrected chi connectivity index (χ2v) is 10.8. The Kier molecular flexibility index (Phi) is 7.11. The Hall–Kier alpha value is -3.68. The number of aromatic nitrogens is 3. The van der Waals surface area contributed by atoms with Crippen LogP contribution in [0.5, 0.6) is 0 Å². The molecule has 1 aliphatic heterocycles. The van der Waals surface area contributed by atoms with Gasteiger partial charge in [0.25, 0.3) is 5.56 Å². The van der Waals surface area contributed by atoms with Gasteiger partial charge in [0.05, 0.1) is 11.1 Å². The van der Waals surface area contributed by atoms with Gasteiger partial charge < -0.3 is 9.88 Å². The van der Waals surface area contributed by atoms with Crippen LogP contribution >= 0.6 is 11.6 Å². The van der Waals surface area contributed by atoms with Crippen molar-refractivity contribution in [1.29, 1.82) is 0 Å². The highest BCUT2D eigenvalue weighted by molar-refractivity contribution is 6.30. The fourth-order valence-corrected chi connectivity index (χ4v) is 6.06. The predicted molar refractivity (Wildman–Crippen MR) is 154 cm³/mol. The average Bonchev–Trinajstić information content (AvgIpc) is 3.37. The van der Waals surface area contributed by atoms with Crippen LogP contribution in [-0.2, 0) is 6.54 Å². The van der Waals surface area contributed by atoms with Crippen molar-refractivity contribution in [3.63, 3.8) is 0 Å². The Labute approximate surface area is 230 Å². The number of benzene rings is 2. The van der Waals surface area contributed by atoms with Gasteiger partial charge in [0.2, 0.25) is 0 Å². The van der Waals surface area contributed by atoms with E-state index >= 15 is 0 Å². The summed E-state index contributed by atoms with van der Waals surface area (Å²) in [6, 6.07) is 17.5. The van der Waals surface area contributed by atoms with Crippen LogP contribution in [0.4, 0.5) is 4.39 Å². The van der Waals surface area contributed by atoms with Crippen LogP contribution in [0, 0.1) is 5.82 Å². The zero-order valence-electron chi connectivity index (χ0n) is 21.6. The molecule has 5 aromatic rings. The number of aromatic amines is 1. The van der Waals surface area contributed by atoms with E-state index in [1.807, 2.05) is 24.4 Å². The number of H-pyrrole nitrogens is 1. The third-order valence-electron chi connectivity index (χ3n) is 7.87. The molecule has 1 aliphatic rings. The normalized spacial score (nSPS) is 16.3. The molecule has 1 saturated heterocycles. The molecule has 1 unspecified atom stereocenters. The summed E-state index contributed by atoms with van der Waals surface area (Å²) in [4.78, 5) is 32.6. The number of nitrogens with one attached hydrogen (secondary N) is 1. The number of fused-ring (bicyclic) bond motifs is 2. The van der Waals surface area contributed by atoms with Crippen molar-refractivity contribution in [2.24, 2.45) is 0 Å². The fourth-order valence-electron chi connectivity index (χ4n) is 5.93. The number of hydrogen-bond donors (Lipinski definition) is 1. The van der Waals surface area contributed by atoms with Crippen molar-refractivity contribution in [2.45, 2.75) is 38.1 Å². The van der Waals surface area contributed by atoms with E-state index in [-0.39, 0.29) is 17.1 Å². The summed E-state index contributed by atoms with van der Waals surface area (Å²) in [5, 5.41) is 1.56. The van der Waals surface area contributed by atoms with Gasteiger partial charge in [-0.05, 0) is 98.3 Å². The lowest BCUT2D eigenvalue weighted by atomic mass is 9.90. The molecular formula is C31H30ClFN4O2. The highest BCUT2D eigenvalue weighted by atomic mass is 35.5. The first-order valence-corrected chi connectivity index (χ1v) is 13.9. The van der Waals surface area contributed by atoms with E-state index in [0.717, 1.165) is 55.4 Å². The fraction of sp³-hybridized carbons (Fsp3) is 0.290. The molecule has 8 heteroatoms. The van der Waals surface area contributed by atoms with Gasteiger partial charge in [0.15, 0.2) is 0 Å². The molecule has 4 heterocycles. The predicted octanol–water partition coefficient (Wildman–Crippen LogP) is 6.06. The summed E-state index contributed by atoms with van der Waals surface area (Å²) < 4.78 is 16.8. The minimum atomic E-state index is -0.321. The topological polar surface area (TPSA) is 62.5 Å². The summed E-state index contributed by atoms with van der Waals surface area (Å²) in [6.45, 7) is 3.19. The molecule has 0 bridgehead atoms. The third-order valence-corrected chi connectivity index (χ3v) is 8.12. The maximum atomic E-state index is 13.9. The number of piperidine rings is 1. The van der Waals surface area contributed by atoms with E-state index < -0.39 is 0 Å². The molecule has 1 fully saturated rings. The zero-order chi connectivity index (χ0) is 26.9. The maximum Gasteiger partial charge on any atom is 0.335 e. The van der Waals surface area contributed by atoms with E-state index in [1.165, 1.54) is 16.2 Å². The first-order valence-electron chi connectivity index (χ1n) is 13.5. The van der Waals surface area contributed by atoms with Gasteiger partial charge in [0, 0.05) is 41.4 Å². The molecule has 200 valence electrons. The number of hydrogen-bond acceptors (Lipinski definition) is 3. The quantitative estimate of drug-likeness (QED) is 0.253. The van der Waals surface area contributed by atoms with Crippen LogP contribution in [0.1, 0.15) is 37.2 Å². The number of rotatable bonds is 7. The Morgan fingerprint density at radius 2 is 1.82 bits per heavy atom. The Morgan fingerprint density at radius 1 is 1.00 bits per heavy atom. The first-order chi connectivity index (χ1) is 19.0. The van der Waals surface area contributed by atoms with Crippen molar-refractivity contribution >= 4 is 28.0 Å². The average molecular weight is 545 g/mol. The second-order valence-electron chi connectivity index (χ2n) is 10.4. The molecule has 39 heavy (non-hydrogen) atoms. The van der Waals surface area contributed by atoms with Crippen LogP contribution in [0.25, 0.3) is 27.5 Å². The summed E-state index contributed by atoms with van der Waals surface area (Å²) in [5.41, 5.74) is 3.37.